The van der Waals surface area contributed by atoms with Crippen LogP contribution in [-0.4, -0.2) is 24.8 Å². The lowest BCUT2D eigenvalue weighted by molar-refractivity contribution is -0.00781. The van der Waals surface area contributed by atoms with Gasteiger partial charge >= 0.3 is 0 Å². The zero-order valence-corrected chi connectivity index (χ0v) is 11.6. The van der Waals surface area contributed by atoms with Gasteiger partial charge in [-0.15, -0.1) is 0 Å². The van der Waals surface area contributed by atoms with Gasteiger partial charge < -0.3 is 14.5 Å². The third-order valence-electron chi connectivity index (χ3n) is 3.51. The van der Waals surface area contributed by atoms with Gasteiger partial charge in [0.2, 0.25) is 0 Å². The SMILES string of the molecule is COC(C)(C)C(C)NC(C)CCc1ccco1. The van der Waals surface area contributed by atoms with Crippen LogP contribution in [0.5, 0.6) is 0 Å². The lowest BCUT2D eigenvalue weighted by atomic mass is 9.99. The number of methoxy groups -OCH3 is 1. The number of hydrogen-bond acceptors (Lipinski definition) is 3. The predicted octanol–water partition coefficient (Wildman–Crippen LogP) is 3.00. The molecule has 0 saturated heterocycles. The highest BCUT2D eigenvalue weighted by Gasteiger charge is 2.25. The zero-order valence-electron chi connectivity index (χ0n) is 11.6. The maximum absolute atomic E-state index is 5.47. The van der Waals surface area contributed by atoms with Crippen molar-refractivity contribution in [1.82, 2.24) is 5.32 Å². The van der Waals surface area contributed by atoms with Gasteiger partial charge in [-0.3, -0.25) is 0 Å². The summed E-state index contributed by atoms with van der Waals surface area (Å²) >= 11 is 0. The van der Waals surface area contributed by atoms with E-state index in [0.29, 0.717) is 12.1 Å². The molecular formula is C14H25NO2. The second-order valence-corrected chi connectivity index (χ2v) is 5.22. The molecular weight excluding hydrogens is 214 g/mol. The third-order valence-corrected chi connectivity index (χ3v) is 3.51. The van der Waals surface area contributed by atoms with Crippen molar-refractivity contribution in [2.45, 2.75) is 58.2 Å². The number of nitrogens with one attached hydrogen (secondary N) is 1. The maximum atomic E-state index is 5.47. The highest BCUT2D eigenvalue weighted by atomic mass is 16.5. The summed E-state index contributed by atoms with van der Waals surface area (Å²) in [6.07, 6.45) is 3.77. The first-order valence-electron chi connectivity index (χ1n) is 6.29. The Balaban J connectivity index is 2.31. The summed E-state index contributed by atoms with van der Waals surface area (Å²) in [5.41, 5.74) is -0.140. The number of furan rings is 1. The van der Waals surface area contributed by atoms with Crippen molar-refractivity contribution in [3.8, 4) is 0 Å². The average Bonchev–Trinajstić information content (AvgIpc) is 2.79. The molecule has 1 heterocycles. The van der Waals surface area contributed by atoms with Gasteiger partial charge in [0.1, 0.15) is 5.76 Å². The maximum Gasteiger partial charge on any atom is 0.103 e. The lowest BCUT2D eigenvalue weighted by Crippen LogP contribution is -2.49. The van der Waals surface area contributed by atoms with Crippen LogP contribution in [0.15, 0.2) is 22.8 Å². The van der Waals surface area contributed by atoms with Gasteiger partial charge in [-0.2, -0.15) is 0 Å². The number of rotatable bonds is 7. The summed E-state index contributed by atoms with van der Waals surface area (Å²) in [4.78, 5) is 0. The summed E-state index contributed by atoms with van der Waals surface area (Å²) in [5.74, 6) is 1.05. The summed E-state index contributed by atoms with van der Waals surface area (Å²) in [6, 6.07) is 4.72. The van der Waals surface area contributed by atoms with Gasteiger partial charge in [0.05, 0.1) is 11.9 Å². The van der Waals surface area contributed by atoms with Gasteiger partial charge in [-0.1, -0.05) is 0 Å². The van der Waals surface area contributed by atoms with E-state index in [9.17, 15) is 0 Å². The predicted molar refractivity (Wildman–Crippen MR) is 70.2 cm³/mol. The summed E-state index contributed by atoms with van der Waals surface area (Å²) in [5, 5.41) is 3.57. The molecule has 2 unspecified atom stereocenters. The first-order valence-corrected chi connectivity index (χ1v) is 6.29. The lowest BCUT2D eigenvalue weighted by Gasteiger charge is -2.33. The monoisotopic (exact) mass is 239 g/mol. The van der Waals surface area contributed by atoms with E-state index in [-0.39, 0.29) is 5.60 Å². The van der Waals surface area contributed by atoms with Crippen molar-refractivity contribution >= 4 is 0 Å². The molecule has 0 aromatic carbocycles. The minimum atomic E-state index is -0.140. The van der Waals surface area contributed by atoms with Crippen LogP contribution in [0.3, 0.4) is 0 Å². The normalized spacial score (nSPS) is 15.8. The van der Waals surface area contributed by atoms with Gasteiger partial charge in [0, 0.05) is 25.6 Å². The van der Waals surface area contributed by atoms with E-state index in [1.165, 1.54) is 0 Å². The molecule has 0 radical (unpaired) electrons. The molecule has 1 rings (SSSR count). The van der Waals surface area contributed by atoms with E-state index in [1.807, 2.05) is 12.1 Å². The molecule has 0 aliphatic carbocycles. The van der Waals surface area contributed by atoms with Crippen LogP contribution in [0, 0.1) is 0 Å². The van der Waals surface area contributed by atoms with Crippen molar-refractivity contribution in [2.24, 2.45) is 0 Å². The molecule has 17 heavy (non-hydrogen) atoms. The summed E-state index contributed by atoms with van der Waals surface area (Å²) in [6.45, 7) is 8.56. The number of hydrogen-bond donors (Lipinski definition) is 1. The van der Waals surface area contributed by atoms with Gasteiger partial charge in [-0.05, 0) is 46.2 Å². The molecule has 1 aromatic rings. The van der Waals surface area contributed by atoms with Crippen molar-refractivity contribution in [2.75, 3.05) is 7.11 Å². The van der Waals surface area contributed by atoms with E-state index < -0.39 is 0 Å². The molecule has 0 aliphatic heterocycles. The minimum Gasteiger partial charge on any atom is -0.469 e. The second kappa shape index (κ2) is 6.22. The fourth-order valence-corrected chi connectivity index (χ4v) is 1.70. The first-order chi connectivity index (χ1) is 7.95. The molecule has 1 aromatic heterocycles. The molecule has 0 spiro atoms. The molecule has 0 bridgehead atoms. The smallest absolute Gasteiger partial charge is 0.103 e. The Kier molecular flexibility index (Phi) is 5.22. The second-order valence-electron chi connectivity index (χ2n) is 5.22. The molecule has 3 heteroatoms. The van der Waals surface area contributed by atoms with Crippen molar-refractivity contribution in [3.05, 3.63) is 24.2 Å². The van der Waals surface area contributed by atoms with E-state index in [1.54, 1.807) is 13.4 Å². The Morgan fingerprint density at radius 2 is 2.12 bits per heavy atom. The summed E-state index contributed by atoms with van der Waals surface area (Å²) in [7, 11) is 1.76. The quantitative estimate of drug-likeness (QED) is 0.794. The molecule has 0 aliphatic rings. The molecule has 2 atom stereocenters. The van der Waals surface area contributed by atoms with Crippen molar-refractivity contribution < 1.29 is 9.15 Å². The first kappa shape index (κ1) is 14.3. The van der Waals surface area contributed by atoms with Crippen LogP contribution >= 0.6 is 0 Å². The van der Waals surface area contributed by atoms with E-state index in [4.69, 9.17) is 9.15 Å². The third kappa shape index (κ3) is 4.52. The molecule has 3 nitrogen and oxygen atoms in total. The topological polar surface area (TPSA) is 34.4 Å². The van der Waals surface area contributed by atoms with Gasteiger partial charge in [-0.25, -0.2) is 0 Å². The van der Waals surface area contributed by atoms with E-state index >= 15 is 0 Å². The number of ether oxygens (including phenoxy) is 1. The van der Waals surface area contributed by atoms with Gasteiger partial charge in [0.15, 0.2) is 0 Å². The molecule has 0 saturated carbocycles. The van der Waals surface area contributed by atoms with Gasteiger partial charge in [0.25, 0.3) is 0 Å². The Morgan fingerprint density at radius 3 is 2.65 bits per heavy atom. The summed E-state index contributed by atoms with van der Waals surface area (Å²) < 4.78 is 10.8. The fraction of sp³-hybridized carbons (Fsp3) is 0.714. The average molecular weight is 239 g/mol. The largest absolute Gasteiger partial charge is 0.469 e. The van der Waals surface area contributed by atoms with Crippen LogP contribution in [0.4, 0.5) is 0 Å². The Morgan fingerprint density at radius 1 is 1.41 bits per heavy atom. The van der Waals surface area contributed by atoms with Crippen LogP contribution in [-0.2, 0) is 11.2 Å². The highest BCUT2D eigenvalue weighted by Crippen LogP contribution is 2.14. The van der Waals surface area contributed by atoms with E-state index in [2.05, 4.69) is 33.0 Å². The Hall–Kier alpha value is -0.800. The molecule has 1 N–H and O–H groups in total. The highest BCUT2D eigenvalue weighted by molar-refractivity contribution is 4.98. The zero-order chi connectivity index (χ0) is 12.9. The molecule has 98 valence electrons. The van der Waals surface area contributed by atoms with Crippen molar-refractivity contribution in [3.63, 3.8) is 0 Å². The van der Waals surface area contributed by atoms with Crippen LogP contribution in [0.1, 0.15) is 39.9 Å². The molecule has 0 amide bonds. The fourth-order valence-electron chi connectivity index (χ4n) is 1.70. The number of aryl methyl sites for hydroxylation is 1. The van der Waals surface area contributed by atoms with Crippen LogP contribution < -0.4 is 5.32 Å². The van der Waals surface area contributed by atoms with Crippen molar-refractivity contribution in [1.29, 1.82) is 0 Å². The van der Waals surface area contributed by atoms with Crippen LogP contribution in [0.25, 0.3) is 0 Å². The Labute approximate surface area is 105 Å². The standard InChI is InChI=1S/C14H25NO2/c1-11(8-9-13-7-6-10-17-13)15-12(2)14(3,4)16-5/h6-7,10-12,15H,8-9H2,1-5H3. The molecule has 0 fully saturated rings. The minimum absolute atomic E-state index is 0.140. The Bertz CT molecular complexity index is 306. The van der Waals surface area contributed by atoms with Crippen LogP contribution in [0.2, 0.25) is 0 Å². The van der Waals surface area contributed by atoms with E-state index in [0.717, 1.165) is 18.6 Å².